The van der Waals surface area contributed by atoms with Crippen molar-refractivity contribution in [1.29, 1.82) is 0 Å². The van der Waals surface area contributed by atoms with E-state index in [1.807, 2.05) is 12.3 Å². The van der Waals surface area contributed by atoms with Gasteiger partial charge in [0.15, 0.2) is 5.69 Å². The number of aromatic nitrogens is 3. The Labute approximate surface area is 96.2 Å². The van der Waals surface area contributed by atoms with Crippen LogP contribution in [0.25, 0.3) is 0 Å². The minimum atomic E-state index is -1.01. The quantitative estimate of drug-likeness (QED) is 0.852. The van der Waals surface area contributed by atoms with E-state index in [9.17, 15) is 4.79 Å². The van der Waals surface area contributed by atoms with Crippen molar-refractivity contribution in [2.24, 2.45) is 0 Å². The van der Waals surface area contributed by atoms with E-state index < -0.39 is 5.97 Å². The van der Waals surface area contributed by atoms with Crippen LogP contribution >= 0.6 is 11.3 Å². The molecule has 0 aliphatic carbocycles. The maximum atomic E-state index is 10.9. The first kappa shape index (κ1) is 10.8. The van der Waals surface area contributed by atoms with Gasteiger partial charge in [-0.3, -0.25) is 0 Å². The molecule has 2 rings (SSSR count). The molecule has 6 heteroatoms. The Hall–Kier alpha value is -1.69. The van der Waals surface area contributed by atoms with E-state index in [0.29, 0.717) is 17.9 Å². The second-order valence-electron chi connectivity index (χ2n) is 3.49. The Morgan fingerprint density at radius 3 is 2.81 bits per heavy atom. The molecule has 0 atom stereocenters. The third-order valence-corrected chi connectivity index (χ3v) is 2.95. The van der Waals surface area contributed by atoms with Crippen molar-refractivity contribution in [2.75, 3.05) is 0 Å². The topological polar surface area (TPSA) is 78.9 Å². The third kappa shape index (κ3) is 2.11. The number of carboxylic acids is 1. The number of aromatic carboxylic acids is 1. The van der Waals surface area contributed by atoms with Crippen LogP contribution in [-0.2, 0) is 6.42 Å². The molecule has 2 heterocycles. The van der Waals surface area contributed by atoms with Crippen molar-refractivity contribution < 1.29 is 9.90 Å². The maximum absolute atomic E-state index is 10.9. The normalized spacial score (nSPS) is 10.6. The first-order chi connectivity index (χ1) is 7.56. The second kappa shape index (κ2) is 4.05. The van der Waals surface area contributed by atoms with E-state index in [4.69, 9.17) is 5.11 Å². The largest absolute Gasteiger partial charge is 0.476 e. The van der Waals surface area contributed by atoms with Crippen LogP contribution in [0.15, 0.2) is 5.38 Å². The highest BCUT2D eigenvalue weighted by atomic mass is 32.1. The minimum absolute atomic E-state index is 0.0863. The van der Waals surface area contributed by atoms with Gasteiger partial charge in [0, 0.05) is 11.8 Å². The van der Waals surface area contributed by atoms with E-state index in [2.05, 4.69) is 15.0 Å². The monoisotopic (exact) mass is 237 g/mol. The van der Waals surface area contributed by atoms with E-state index in [0.717, 1.165) is 10.7 Å². The molecule has 2 aromatic rings. The molecule has 2 N–H and O–H groups in total. The van der Waals surface area contributed by atoms with E-state index >= 15 is 0 Å². The first-order valence-corrected chi connectivity index (χ1v) is 5.64. The predicted octanol–water partition coefficient (Wildman–Crippen LogP) is 1.77. The van der Waals surface area contributed by atoms with Gasteiger partial charge in [-0.15, -0.1) is 11.3 Å². The number of nitrogens with zero attached hydrogens (tertiary/aromatic N) is 2. The van der Waals surface area contributed by atoms with Crippen molar-refractivity contribution in [3.8, 4) is 0 Å². The van der Waals surface area contributed by atoms with Crippen LogP contribution in [0.4, 0.5) is 0 Å². The molecule has 0 saturated heterocycles. The molecule has 0 bridgehead atoms. The van der Waals surface area contributed by atoms with Crippen molar-refractivity contribution in [2.45, 2.75) is 20.3 Å². The van der Waals surface area contributed by atoms with Gasteiger partial charge in [0.2, 0.25) is 0 Å². The lowest BCUT2D eigenvalue weighted by molar-refractivity contribution is 0.0690. The van der Waals surface area contributed by atoms with Crippen LogP contribution in [0.2, 0.25) is 0 Å². The molecule has 0 aromatic carbocycles. The molecule has 0 saturated carbocycles. The fourth-order valence-corrected chi connectivity index (χ4v) is 2.13. The summed E-state index contributed by atoms with van der Waals surface area (Å²) in [5.74, 6) is -0.398. The van der Waals surface area contributed by atoms with Gasteiger partial charge in [-0.25, -0.2) is 14.8 Å². The fourth-order valence-electron chi connectivity index (χ4n) is 1.52. The summed E-state index contributed by atoms with van der Waals surface area (Å²) in [7, 11) is 0. The maximum Gasteiger partial charge on any atom is 0.356 e. The van der Waals surface area contributed by atoms with E-state index in [1.54, 1.807) is 18.3 Å². The number of rotatable bonds is 3. The first-order valence-electron chi connectivity index (χ1n) is 4.76. The molecular formula is C10H11N3O2S. The zero-order valence-corrected chi connectivity index (χ0v) is 9.76. The summed E-state index contributed by atoms with van der Waals surface area (Å²) in [6.45, 7) is 3.66. The SMILES string of the molecule is Cc1nc(C(=O)O)c(Cc2csc(C)n2)[nH]1. The number of carbonyl (C=O) groups is 1. The number of hydrogen-bond donors (Lipinski definition) is 2. The number of imidazole rings is 1. The predicted molar refractivity (Wildman–Crippen MR) is 59.9 cm³/mol. The number of H-pyrrole nitrogens is 1. The number of hydrogen-bond acceptors (Lipinski definition) is 4. The van der Waals surface area contributed by atoms with Gasteiger partial charge < -0.3 is 10.1 Å². The number of nitrogens with one attached hydrogen (secondary N) is 1. The summed E-state index contributed by atoms with van der Waals surface area (Å²) >= 11 is 1.55. The third-order valence-electron chi connectivity index (χ3n) is 2.12. The average Bonchev–Trinajstić information content (AvgIpc) is 2.74. The average molecular weight is 237 g/mol. The van der Waals surface area contributed by atoms with E-state index in [-0.39, 0.29) is 5.69 Å². The van der Waals surface area contributed by atoms with Crippen LogP contribution in [-0.4, -0.2) is 26.0 Å². The zero-order chi connectivity index (χ0) is 11.7. The van der Waals surface area contributed by atoms with Crippen molar-refractivity contribution >= 4 is 17.3 Å². The summed E-state index contributed by atoms with van der Waals surface area (Å²) in [5.41, 5.74) is 1.56. The lowest BCUT2D eigenvalue weighted by atomic mass is 10.2. The number of aryl methyl sites for hydroxylation is 2. The molecule has 0 amide bonds. The summed E-state index contributed by atoms with van der Waals surface area (Å²) < 4.78 is 0. The lowest BCUT2D eigenvalue weighted by Gasteiger charge is -1.95. The molecule has 16 heavy (non-hydrogen) atoms. The van der Waals surface area contributed by atoms with Gasteiger partial charge >= 0.3 is 5.97 Å². The van der Waals surface area contributed by atoms with Crippen molar-refractivity contribution in [3.63, 3.8) is 0 Å². The Bertz CT molecular complexity index is 530. The van der Waals surface area contributed by atoms with Crippen LogP contribution in [0.5, 0.6) is 0 Å². The second-order valence-corrected chi connectivity index (χ2v) is 4.55. The van der Waals surface area contributed by atoms with Crippen molar-refractivity contribution in [1.82, 2.24) is 15.0 Å². The number of aromatic amines is 1. The highest BCUT2D eigenvalue weighted by molar-refractivity contribution is 7.09. The highest BCUT2D eigenvalue weighted by Crippen LogP contribution is 2.15. The van der Waals surface area contributed by atoms with Gasteiger partial charge in [-0.05, 0) is 13.8 Å². The molecule has 0 spiro atoms. The van der Waals surface area contributed by atoms with Gasteiger partial charge in [0.25, 0.3) is 0 Å². The van der Waals surface area contributed by atoms with Crippen molar-refractivity contribution in [3.05, 3.63) is 33.3 Å². The molecule has 0 aliphatic rings. The summed E-state index contributed by atoms with van der Waals surface area (Å²) in [6, 6.07) is 0. The minimum Gasteiger partial charge on any atom is -0.476 e. The standard InChI is InChI=1S/C10H11N3O2S/c1-5-11-8(9(12-5)10(14)15)3-7-4-16-6(2)13-7/h4H,3H2,1-2H3,(H,11,12)(H,14,15). The fraction of sp³-hybridized carbons (Fsp3) is 0.300. The van der Waals surface area contributed by atoms with Gasteiger partial charge in [-0.2, -0.15) is 0 Å². The van der Waals surface area contributed by atoms with Gasteiger partial charge in [0.1, 0.15) is 5.82 Å². The Morgan fingerprint density at radius 2 is 2.25 bits per heavy atom. The van der Waals surface area contributed by atoms with E-state index in [1.165, 1.54) is 0 Å². The van der Waals surface area contributed by atoms with Crippen LogP contribution in [0.1, 0.15) is 32.7 Å². The lowest BCUT2D eigenvalue weighted by Crippen LogP contribution is -2.02. The summed E-state index contributed by atoms with van der Waals surface area (Å²) in [4.78, 5) is 22.1. The highest BCUT2D eigenvalue weighted by Gasteiger charge is 2.16. The smallest absolute Gasteiger partial charge is 0.356 e. The van der Waals surface area contributed by atoms with Crippen LogP contribution < -0.4 is 0 Å². The molecule has 0 aliphatic heterocycles. The van der Waals surface area contributed by atoms with Gasteiger partial charge in [0.05, 0.1) is 16.4 Å². The summed E-state index contributed by atoms with van der Waals surface area (Å²) in [6.07, 6.45) is 0.479. The zero-order valence-electron chi connectivity index (χ0n) is 8.94. The Kier molecular flexibility index (Phi) is 2.74. The number of carboxylic acid groups (broad SMARTS) is 1. The van der Waals surface area contributed by atoms with Crippen LogP contribution in [0, 0.1) is 13.8 Å². The number of thiazole rings is 1. The molecule has 84 valence electrons. The molecule has 0 fully saturated rings. The molecule has 5 nitrogen and oxygen atoms in total. The Balaban J connectivity index is 2.30. The molecule has 0 radical (unpaired) electrons. The summed E-state index contributed by atoms with van der Waals surface area (Å²) in [5, 5.41) is 11.9. The molecule has 2 aromatic heterocycles. The van der Waals surface area contributed by atoms with Crippen LogP contribution in [0.3, 0.4) is 0 Å². The Morgan fingerprint density at radius 1 is 1.50 bits per heavy atom. The molecule has 0 unspecified atom stereocenters. The van der Waals surface area contributed by atoms with Gasteiger partial charge in [-0.1, -0.05) is 0 Å². The molecular weight excluding hydrogens is 226 g/mol.